The van der Waals surface area contributed by atoms with Gasteiger partial charge in [0, 0.05) is 10.9 Å². The first-order valence-electron chi connectivity index (χ1n) is 5.92. The van der Waals surface area contributed by atoms with Gasteiger partial charge in [-0.05, 0) is 6.07 Å². The number of hydrogen-bond donors (Lipinski definition) is 2. The lowest BCUT2D eigenvalue weighted by Gasteiger charge is -2.07. The van der Waals surface area contributed by atoms with E-state index in [4.69, 9.17) is 11.1 Å². The maximum absolute atomic E-state index is 7.66. The molecule has 4 heteroatoms. The van der Waals surface area contributed by atoms with Crippen molar-refractivity contribution in [2.24, 2.45) is 5.73 Å². The Morgan fingerprint density at radius 3 is 2.32 bits per heavy atom. The molecule has 0 spiro atoms. The molecular formula is C15H12N4. The second kappa shape index (κ2) is 4.49. The molecule has 0 aliphatic rings. The van der Waals surface area contributed by atoms with E-state index < -0.39 is 0 Å². The van der Waals surface area contributed by atoms with Crippen LogP contribution in [0, 0.1) is 5.41 Å². The predicted octanol–water partition coefficient (Wildman–Crippen LogP) is 2.58. The zero-order chi connectivity index (χ0) is 13.2. The van der Waals surface area contributed by atoms with Crippen LogP contribution in [0.2, 0.25) is 0 Å². The molecule has 4 nitrogen and oxygen atoms in total. The minimum Gasteiger partial charge on any atom is -0.382 e. The van der Waals surface area contributed by atoms with Crippen LogP contribution in [-0.2, 0) is 0 Å². The highest BCUT2D eigenvalue weighted by molar-refractivity contribution is 6.05. The lowest BCUT2D eigenvalue weighted by molar-refractivity contribution is 1.19. The Bertz CT molecular complexity index is 750. The maximum atomic E-state index is 7.66. The number of hydrogen-bond acceptors (Lipinski definition) is 3. The summed E-state index contributed by atoms with van der Waals surface area (Å²) >= 11 is 0. The summed E-state index contributed by atoms with van der Waals surface area (Å²) in [5.41, 5.74) is 7.80. The number of nitrogen functional groups attached to an aromatic ring is 1. The third-order valence-corrected chi connectivity index (χ3v) is 2.89. The average Bonchev–Trinajstić information content (AvgIpc) is 2.47. The van der Waals surface area contributed by atoms with Gasteiger partial charge in [0.25, 0.3) is 0 Å². The molecule has 1 heterocycles. The van der Waals surface area contributed by atoms with Crippen LogP contribution in [0.1, 0.15) is 5.69 Å². The number of fused-ring (bicyclic) bond motifs is 1. The summed E-state index contributed by atoms with van der Waals surface area (Å²) in [7, 11) is 0. The maximum Gasteiger partial charge on any atom is 0.160 e. The van der Waals surface area contributed by atoms with Crippen LogP contribution in [0.15, 0.2) is 54.6 Å². The molecule has 0 amide bonds. The van der Waals surface area contributed by atoms with Crippen molar-refractivity contribution >= 4 is 16.7 Å². The van der Waals surface area contributed by atoms with Crippen LogP contribution in [0.5, 0.6) is 0 Å². The van der Waals surface area contributed by atoms with Crippen molar-refractivity contribution in [1.82, 2.24) is 9.97 Å². The number of para-hydroxylation sites is 1. The Morgan fingerprint density at radius 2 is 1.58 bits per heavy atom. The Morgan fingerprint density at radius 1 is 0.895 bits per heavy atom. The fraction of sp³-hybridized carbons (Fsp3) is 0. The van der Waals surface area contributed by atoms with Crippen molar-refractivity contribution in [3.05, 3.63) is 60.3 Å². The molecule has 0 unspecified atom stereocenters. The molecule has 0 atom stereocenters. The second-order valence-electron chi connectivity index (χ2n) is 4.19. The molecule has 2 aromatic carbocycles. The van der Waals surface area contributed by atoms with Gasteiger partial charge >= 0.3 is 0 Å². The minimum atomic E-state index is -0.0456. The van der Waals surface area contributed by atoms with Crippen LogP contribution in [-0.4, -0.2) is 15.8 Å². The van der Waals surface area contributed by atoms with Crippen molar-refractivity contribution in [3.63, 3.8) is 0 Å². The van der Waals surface area contributed by atoms with Gasteiger partial charge in [-0.3, -0.25) is 5.41 Å². The topological polar surface area (TPSA) is 75.7 Å². The first-order valence-corrected chi connectivity index (χ1v) is 5.92. The third kappa shape index (κ3) is 2.04. The zero-order valence-corrected chi connectivity index (χ0v) is 10.2. The molecule has 3 rings (SSSR count). The average molecular weight is 248 g/mol. The summed E-state index contributed by atoms with van der Waals surface area (Å²) in [6.07, 6.45) is 0. The van der Waals surface area contributed by atoms with Crippen LogP contribution in [0.3, 0.4) is 0 Å². The Hall–Kier alpha value is -2.75. The molecule has 0 bridgehead atoms. The summed E-state index contributed by atoms with van der Waals surface area (Å²) in [6.45, 7) is 0. The van der Waals surface area contributed by atoms with Gasteiger partial charge < -0.3 is 5.73 Å². The summed E-state index contributed by atoms with van der Waals surface area (Å²) in [6, 6.07) is 17.3. The molecule has 0 aliphatic heterocycles. The molecule has 0 saturated carbocycles. The molecule has 0 fully saturated rings. The number of nitrogens with one attached hydrogen (secondary N) is 1. The number of nitrogens with zero attached hydrogens (tertiary/aromatic N) is 2. The highest BCUT2D eigenvalue weighted by Gasteiger charge is 2.10. The highest BCUT2D eigenvalue weighted by atomic mass is 14.9. The van der Waals surface area contributed by atoms with Crippen molar-refractivity contribution < 1.29 is 0 Å². The fourth-order valence-corrected chi connectivity index (χ4v) is 2.00. The number of benzene rings is 2. The second-order valence-corrected chi connectivity index (χ2v) is 4.19. The largest absolute Gasteiger partial charge is 0.382 e. The van der Waals surface area contributed by atoms with Crippen LogP contribution in [0.4, 0.5) is 0 Å². The molecule has 1 aromatic heterocycles. The van der Waals surface area contributed by atoms with Gasteiger partial charge in [0.15, 0.2) is 5.82 Å². The van der Waals surface area contributed by atoms with Crippen LogP contribution in [0.25, 0.3) is 22.3 Å². The number of nitrogens with two attached hydrogens (primary N) is 1. The van der Waals surface area contributed by atoms with Gasteiger partial charge in [-0.15, -0.1) is 0 Å². The van der Waals surface area contributed by atoms with E-state index in [9.17, 15) is 0 Å². The molecular weight excluding hydrogens is 236 g/mol. The van der Waals surface area contributed by atoms with Gasteiger partial charge in [-0.25, -0.2) is 9.97 Å². The van der Waals surface area contributed by atoms with E-state index in [0.29, 0.717) is 11.5 Å². The van der Waals surface area contributed by atoms with Crippen molar-refractivity contribution in [1.29, 1.82) is 5.41 Å². The molecule has 3 aromatic rings. The molecule has 3 N–H and O–H groups in total. The Kier molecular flexibility index (Phi) is 2.68. The highest BCUT2D eigenvalue weighted by Crippen LogP contribution is 2.21. The molecule has 19 heavy (non-hydrogen) atoms. The lowest BCUT2D eigenvalue weighted by Crippen LogP contribution is -2.14. The molecule has 0 aliphatic carbocycles. The van der Waals surface area contributed by atoms with Gasteiger partial charge in [0.1, 0.15) is 11.5 Å². The normalized spacial score (nSPS) is 10.5. The number of amidine groups is 1. The summed E-state index contributed by atoms with van der Waals surface area (Å²) in [5.74, 6) is 0.542. The molecule has 0 saturated heterocycles. The van der Waals surface area contributed by atoms with E-state index in [1.54, 1.807) is 0 Å². The standard InChI is InChI=1S/C15H12N4/c16-14(17)13-11-8-4-5-9-12(11)18-15(19-13)10-6-2-1-3-7-10/h1-9H,(H3,16,17). The fourth-order valence-electron chi connectivity index (χ4n) is 2.00. The monoisotopic (exact) mass is 248 g/mol. The molecule has 92 valence electrons. The quantitative estimate of drug-likeness (QED) is 0.540. The Balaban J connectivity index is 2.31. The van der Waals surface area contributed by atoms with Gasteiger partial charge in [-0.1, -0.05) is 48.5 Å². The van der Waals surface area contributed by atoms with E-state index >= 15 is 0 Å². The summed E-state index contributed by atoms with van der Waals surface area (Å²) < 4.78 is 0. The van der Waals surface area contributed by atoms with Crippen molar-refractivity contribution in [3.8, 4) is 11.4 Å². The minimum absolute atomic E-state index is 0.0456. The summed E-state index contributed by atoms with van der Waals surface area (Å²) in [4.78, 5) is 8.94. The SMILES string of the molecule is N=C(N)c1nc(-c2ccccc2)nc2ccccc12. The zero-order valence-electron chi connectivity index (χ0n) is 10.2. The van der Waals surface area contributed by atoms with E-state index in [0.717, 1.165) is 16.5 Å². The van der Waals surface area contributed by atoms with E-state index in [-0.39, 0.29) is 5.84 Å². The van der Waals surface area contributed by atoms with E-state index in [1.807, 2.05) is 54.6 Å². The van der Waals surface area contributed by atoms with Crippen LogP contribution >= 0.6 is 0 Å². The Labute approximate surface area is 110 Å². The lowest BCUT2D eigenvalue weighted by atomic mass is 10.1. The van der Waals surface area contributed by atoms with Crippen molar-refractivity contribution in [2.45, 2.75) is 0 Å². The van der Waals surface area contributed by atoms with Crippen molar-refractivity contribution in [2.75, 3.05) is 0 Å². The predicted molar refractivity (Wildman–Crippen MR) is 76.0 cm³/mol. The van der Waals surface area contributed by atoms with Gasteiger partial charge in [0.05, 0.1) is 5.52 Å². The first-order chi connectivity index (χ1) is 9.25. The van der Waals surface area contributed by atoms with Crippen LogP contribution < -0.4 is 5.73 Å². The van der Waals surface area contributed by atoms with Gasteiger partial charge in [-0.2, -0.15) is 0 Å². The smallest absolute Gasteiger partial charge is 0.160 e. The number of rotatable bonds is 2. The van der Waals surface area contributed by atoms with E-state index in [2.05, 4.69) is 9.97 Å². The number of aromatic nitrogens is 2. The van der Waals surface area contributed by atoms with E-state index in [1.165, 1.54) is 0 Å². The van der Waals surface area contributed by atoms with Gasteiger partial charge in [0.2, 0.25) is 0 Å². The molecule has 0 radical (unpaired) electrons. The third-order valence-electron chi connectivity index (χ3n) is 2.89. The summed E-state index contributed by atoms with van der Waals surface area (Å²) in [5, 5.41) is 8.46. The first kappa shape index (κ1) is 11.3.